The van der Waals surface area contributed by atoms with Crippen molar-refractivity contribution < 1.29 is 40.7 Å². The van der Waals surface area contributed by atoms with E-state index in [1.54, 1.807) is 11.0 Å². The number of fused-ring (bicyclic) bond motifs is 1. The number of nitrogen functional groups attached to an aromatic ring is 1. The van der Waals surface area contributed by atoms with Gasteiger partial charge in [-0.15, -0.1) is 0 Å². The SMILES string of the molecule is COc1ncc(-c2cc(CN3CC(C(F)(F)F)C3)c3c(N)ncnn23)cc1C(=O)NC1CN(C(=O)C2CC(F)(F)C2)C[C@@H]1F. The molecule has 44 heavy (non-hydrogen) atoms. The van der Waals surface area contributed by atoms with E-state index >= 15 is 0 Å². The van der Waals surface area contributed by atoms with Crippen LogP contribution in [-0.2, 0) is 11.3 Å². The first-order valence-electron chi connectivity index (χ1n) is 13.8. The van der Waals surface area contributed by atoms with Crippen molar-refractivity contribution in [1.82, 2.24) is 34.7 Å². The van der Waals surface area contributed by atoms with Gasteiger partial charge in [-0.2, -0.15) is 18.3 Å². The zero-order chi connectivity index (χ0) is 31.6. The maximum atomic E-state index is 14.9. The Morgan fingerprint density at radius 2 is 1.86 bits per heavy atom. The number of nitrogens with two attached hydrogens (primary N) is 1. The summed E-state index contributed by atoms with van der Waals surface area (Å²) in [6.45, 7) is -0.687. The molecule has 3 aromatic rings. The lowest BCUT2D eigenvalue weighted by Gasteiger charge is -2.39. The van der Waals surface area contributed by atoms with Gasteiger partial charge in [0.05, 0.1) is 31.3 Å². The minimum atomic E-state index is -4.28. The van der Waals surface area contributed by atoms with Crippen molar-refractivity contribution in [1.29, 1.82) is 0 Å². The molecule has 3 N–H and O–H groups in total. The van der Waals surface area contributed by atoms with E-state index in [1.165, 1.54) is 30.2 Å². The van der Waals surface area contributed by atoms with Crippen molar-refractivity contribution in [3.8, 4) is 17.1 Å². The number of alkyl halides is 6. The highest BCUT2D eigenvalue weighted by atomic mass is 19.4. The fourth-order valence-electron chi connectivity index (χ4n) is 5.96. The molecule has 2 atom stereocenters. The first kappa shape index (κ1) is 29.9. The predicted molar refractivity (Wildman–Crippen MR) is 142 cm³/mol. The Kier molecular flexibility index (Phi) is 7.33. The van der Waals surface area contributed by atoms with Crippen LogP contribution in [0.4, 0.5) is 32.2 Å². The van der Waals surface area contributed by atoms with Gasteiger partial charge in [-0.3, -0.25) is 14.5 Å². The summed E-state index contributed by atoms with van der Waals surface area (Å²) in [7, 11) is 1.29. The van der Waals surface area contributed by atoms with Crippen LogP contribution < -0.4 is 15.8 Å². The van der Waals surface area contributed by atoms with Crippen molar-refractivity contribution in [2.75, 3.05) is 39.0 Å². The van der Waals surface area contributed by atoms with Crippen LogP contribution in [0.5, 0.6) is 5.88 Å². The molecule has 17 heteroatoms. The van der Waals surface area contributed by atoms with Gasteiger partial charge in [-0.05, 0) is 17.7 Å². The van der Waals surface area contributed by atoms with Gasteiger partial charge in [0, 0.05) is 56.7 Å². The smallest absolute Gasteiger partial charge is 0.394 e. The third-order valence-corrected chi connectivity index (χ3v) is 8.38. The van der Waals surface area contributed by atoms with Gasteiger partial charge in [-0.1, -0.05) is 0 Å². The van der Waals surface area contributed by atoms with Gasteiger partial charge >= 0.3 is 6.18 Å². The molecule has 0 aromatic carbocycles. The van der Waals surface area contributed by atoms with E-state index in [4.69, 9.17) is 10.5 Å². The van der Waals surface area contributed by atoms with Crippen molar-refractivity contribution in [3.63, 3.8) is 0 Å². The molecule has 2 aliphatic heterocycles. The number of halogens is 6. The molecule has 0 spiro atoms. The minimum absolute atomic E-state index is 0.0603. The van der Waals surface area contributed by atoms with Crippen LogP contribution in [0.25, 0.3) is 16.8 Å². The van der Waals surface area contributed by atoms with E-state index in [2.05, 4.69) is 20.4 Å². The molecule has 0 bridgehead atoms. The van der Waals surface area contributed by atoms with Crippen LogP contribution in [0.3, 0.4) is 0 Å². The lowest BCUT2D eigenvalue weighted by Crippen LogP contribution is -2.52. The van der Waals surface area contributed by atoms with Gasteiger partial charge in [0.2, 0.25) is 17.7 Å². The number of pyridine rings is 1. The number of aromatic nitrogens is 4. The maximum Gasteiger partial charge on any atom is 0.394 e. The Morgan fingerprint density at radius 1 is 1.14 bits per heavy atom. The number of nitrogens with zero attached hydrogens (tertiary/aromatic N) is 6. The van der Waals surface area contributed by atoms with Gasteiger partial charge in [-0.25, -0.2) is 27.7 Å². The Morgan fingerprint density at radius 3 is 2.52 bits per heavy atom. The number of likely N-dealkylation sites (tertiary alicyclic amines) is 2. The number of carbonyl (C=O) groups excluding carboxylic acids is 2. The lowest BCUT2D eigenvalue weighted by molar-refractivity contribution is -0.210. The van der Waals surface area contributed by atoms with E-state index in [1.807, 2.05) is 0 Å². The van der Waals surface area contributed by atoms with E-state index in [0.29, 0.717) is 22.3 Å². The summed E-state index contributed by atoms with van der Waals surface area (Å²) in [5.74, 6) is -6.46. The van der Waals surface area contributed by atoms with Crippen LogP contribution in [0.2, 0.25) is 0 Å². The molecule has 5 heterocycles. The number of hydrogen-bond donors (Lipinski definition) is 2. The number of rotatable bonds is 7. The third kappa shape index (κ3) is 5.48. The normalized spacial score (nSPS) is 22.6. The number of methoxy groups -OCH3 is 1. The molecule has 1 saturated carbocycles. The minimum Gasteiger partial charge on any atom is -0.480 e. The number of anilines is 1. The number of nitrogens with one attached hydrogen (secondary N) is 1. The average molecular weight is 627 g/mol. The Hall–Kier alpha value is -4.15. The summed E-state index contributed by atoms with van der Waals surface area (Å²) < 4.78 is 87.1. The topological polar surface area (TPSA) is 131 Å². The first-order chi connectivity index (χ1) is 20.7. The fourth-order valence-corrected chi connectivity index (χ4v) is 5.96. The largest absolute Gasteiger partial charge is 0.480 e. The monoisotopic (exact) mass is 626 g/mol. The molecule has 1 aliphatic carbocycles. The van der Waals surface area contributed by atoms with Crippen LogP contribution in [-0.4, -0.2) is 98.8 Å². The summed E-state index contributed by atoms with van der Waals surface area (Å²) in [4.78, 5) is 36.9. The molecule has 236 valence electrons. The molecule has 6 rings (SSSR count). The zero-order valence-electron chi connectivity index (χ0n) is 23.3. The number of amides is 2. The van der Waals surface area contributed by atoms with Crippen molar-refractivity contribution in [3.05, 3.63) is 35.8 Å². The second kappa shape index (κ2) is 10.8. The van der Waals surface area contributed by atoms with Crippen molar-refractivity contribution >= 4 is 23.1 Å². The van der Waals surface area contributed by atoms with E-state index in [0.717, 1.165) is 4.90 Å². The van der Waals surface area contributed by atoms with Gasteiger partial charge in [0.25, 0.3) is 5.91 Å². The number of ether oxygens (including phenoxy) is 1. The quantitative estimate of drug-likeness (QED) is 0.383. The first-order valence-corrected chi connectivity index (χ1v) is 13.8. The van der Waals surface area contributed by atoms with Crippen LogP contribution in [0.15, 0.2) is 24.7 Å². The Balaban J connectivity index is 1.22. The fraction of sp³-hybridized carbons (Fsp3) is 0.519. The van der Waals surface area contributed by atoms with Crippen LogP contribution in [0.1, 0.15) is 28.8 Å². The highest BCUT2D eigenvalue weighted by Crippen LogP contribution is 2.43. The predicted octanol–water partition coefficient (Wildman–Crippen LogP) is 2.70. The molecule has 2 amide bonds. The molecule has 0 radical (unpaired) electrons. The summed E-state index contributed by atoms with van der Waals surface area (Å²) in [5, 5.41) is 6.80. The molecule has 3 aromatic heterocycles. The summed E-state index contributed by atoms with van der Waals surface area (Å²) in [5.41, 5.74) is 7.80. The molecule has 1 unspecified atom stereocenters. The van der Waals surface area contributed by atoms with E-state index < -0.39 is 60.8 Å². The molecule has 11 nitrogen and oxygen atoms in total. The number of carbonyl (C=O) groups is 2. The van der Waals surface area contributed by atoms with Crippen LogP contribution >= 0.6 is 0 Å². The standard InChI is InChI=1S/C27H28F6N8O3/c1-44-24-17(23(42)38-19-11-40(10-18(19)28)25(43)15-4-26(29,30)5-15)2-13(6-35-24)20-3-14(21-22(34)36-12-37-41(20)21)7-39-8-16(9-39)27(31,32)33/h2-3,6,12,15-16,18-19H,4-5,7-11H2,1H3,(H,38,42)(H2,34,36,37)/t18-,19?/m0/s1. The van der Waals surface area contributed by atoms with Crippen molar-refractivity contribution in [2.45, 2.75) is 43.7 Å². The summed E-state index contributed by atoms with van der Waals surface area (Å²) >= 11 is 0. The van der Waals surface area contributed by atoms with Gasteiger partial charge in [0.1, 0.15) is 23.6 Å². The highest BCUT2D eigenvalue weighted by Gasteiger charge is 2.51. The lowest BCUT2D eigenvalue weighted by atomic mass is 9.80. The van der Waals surface area contributed by atoms with Crippen molar-refractivity contribution in [2.24, 2.45) is 11.8 Å². The Labute approximate surface area is 246 Å². The number of hydrogen-bond acceptors (Lipinski definition) is 8. The second-order valence-corrected chi connectivity index (χ2v) is 11.5. The maximum absolute atomic E-state index is 14.9. The van der Waals surface area contributed by atoms with Gasteiger partial charge in [0.15, 0.2) is 5.82 Å². The average Bonchev–Trinajstić information content (AvgIpc) is 3.48. The summed E-state index contributed by atoms with van der Waals surface area (Å²) in [6, 6.07) is 2.02. The van der Waals surface area contributed by atoms with Gasteiger partial charge < -0.3 is 20.7 Å². The molecule has 3 fully saturated rings. The zero-order valence-corrected chi connectivity index (χ0v) is 23.3. The van der Waals surface area contributed by atoms with Crippen LogP contribution in [0, 0.1) is 11.8 Å². The highest BCUT2D eigenvalue weighted by molar-refractivity contribution is 5.98. The second-order valence-electron chi connectivity index (χ2n) is 11.5. The van der Waals surface area contributed by atoms with E-state index in [9.17, 15) is 35.9 Å². The molecular weight excluding hydrogens is 598 g/mol. The Bertz CT molecular complexity index is 1600. The summed E-state index contributed by atoms with van der Waals surface area (Å²) in [6.07, 6.45) is -4.44. The third-order valence-electron chi connectivity index (χ3n) is 8.38. The molecule has 3 aliphatic rings. The molecular formula is C27H28F6N8O3. The van der Waals surface area contributed by atoms with E-state index in [-0.39, 0.29) is 50.0 Å². The molecule has 2 saturated heterocycles.